The second-order valence-corrected chi connectivity index (χ2v) is 8.44. The van der Waals surface area contributed by atoms with Crippen molar-refractivity contribution >= 4 is 16.9 Å². The number of para-hydroxylation sites is 1. The Hall–Kier alpha value is -3.06. The molecule has 3 aromatic rings. The fourth-order valence-electron chi connectivity index (χ4n) is 4.57. The summed E-state index contributed by atoms with van der Waals surface area (Å²) in [7, 11) is 0. The molecule has 1 aliphatic rings. The van der Waals surface area contributed by atoms with Crippen LogP contribution < -0.4 is 11.3 Å². The number of halogens is 1. The van der Waals surface area contributed by atoms with E-state index in [0.29, 0.717) is 30.1 Å². The van der Waals surface area contributed by atoms with Gasteiger partial charge in [-0.15, -0.1) is 0 Å². The van der Waals surface area contributed by atoms with E-state index in [2.05, 4.69) is 16.8 Å². The van der Waals surface area contributed by atoms with Crippen molar-refractivity contribution in [3.05, 3.63) is 70.4 Å². The molecule has 1 atom stereocenters. The highest BCUT2D eigenvalue weighted by Crippen LogP contribution is 2.28. The van der Waals surface area contributed by atoms with Crippen LogP contribution in [-0.4, -0.2) is 33.4 Å². The van der Waals surface area contributed by atoms with Crippen LogP contribution in [0.4, 0.5) is 4.39 Å². The molecule has 31 heavy (non-hydrogen) atoms. The number of amides is 1. The molecule has 0 bridgehead atoms. The van der Waals surface area contributed by atoms with E-state index in [1.165, 1.54) is 10.6 Å². The van der Waals surface area contributed by atoms with Crippen molar-refractivity contribution in [2.24, 2.45) is 17.6 Å². The Balaban J connectivity index is 1.61. The summed E-state index contributed by atoms with van der Waals surface area (Å²) in [4.78, 5) is 31.2. The minimum Gasteiger partial charge on any atom is -0.370 e. The monoisotopic (exact) mass is 422 g/mol. The molecule has 1 amide bonds. The number of hydrogen-bond acceptors (Lipinski definition) is 4. The Bertz CT molecular complexity index is 1150. The summed E-state index contributed by atoms with van der Waals surface area (Å²) in [6.45, 7) is 4.26. The minimum absolute atomic E-state index is 0.206. The number of nitrogens with two attached hydrogens (primary N) is 1. The molecule has 4 rings (SSSR count). The number of carbonyl (C=O) groups is 1. The highest BCUT2D eigenvalue weighted by atomic mass is 19.1. The fraction of sp³-hybridized carbons (Fsp3) is 0.375. The van der Waals surface area contributed by atoms with Crippen LogP contribution in [0.2, 0.25) is 0 Å². The number of piperidine rings is 1. The van der Waals surface area contributed by atoms with Crippen LogP contribution in [-0.2, 0) is 11.3 Å². The van der Waals surface area contributed by atoms with Crippen molar-refractivity contribution in [2.75, 3.05) is 13.1 Å². The smallest absolute Gasteiger partial charge is 0.261 e. The number of hydrogen-bond donors (Lipinski definition) is 1. The van der Waals surface area contributed by atoms with E-state index in [4.69, 9.17) is 5.73 Å². The fourth-order valence-corrected chi connectivity index (χ4v) is 4.57. The van der Waals surface area contributed by atoms with Gasteiger partial charge in [-0.25, -0.2) is 9.37 Å². The second kappa shape index (κ2) is 8.98. The van der Waals surface area contributed by atoms with Gasteiger partial charge in [-0.05, 0) is 68.1 Å². The molecule has 1 saturated heterocycles. The first-order valence-corrected chi connectivity index (χ1v) is 10.7. The Morgan fingerprint density at radius 3 is 2.68 bits per heavy atom. The maximum atomic E-state index is 14.6. The van der Waals surface area contributed by atoms with Crippen molar-refractivity contribution in [3.63, 3.8) is 0 Å². The van der Waals surface area contributed by atoms with Gasteiger partial charge in [0.1, 0.15) is 11.5 Å². The first kappa shape index (κ1) is 21.2. The summed E-state index contributed by atoms with van der Waals surface area (Å²) in [6, 6.07) is 11.8. The number of nitrogens with zero attached hydrogens (tertiary/aromatic N) is 3. The lowest BCUT2D eigenvalue weighted by atomic mass is 9.83. The van der Waals surface area contributed by atoms with Gasteiger partial charge in [-0.2, -0.15) is 0 Å². The van der Waals surface area contributed by atoms with Gasteiger partial charge in [-0.1, -0.05) is 19.1 Å². The Morgan fingerprint density at radius 2 is 1.97 bits per heavy atom. The van der Waals surface area contributed by atoms with Crippen molar-refractivity contribution in [1.82, 2.24) is 14.5 Å². The SMILES string of the molecule is CC(CC(N)=O)C1CCN(Cc2cc3cccnc3n(-c3ccccc3F)c2=O)CC1. The number of rotatable bonds is 6. The maximum Gasteiger partial charge on any atom is 0.261 e. The van der Waals surface area contributed by atoms with E-state index in [0.717, 1.165) is 31.3 Å². The highest BCUT2D eigenvalue weighted by molar-refractivity contribution is 5.77. The van der Waals surface area contributed by atoms with E-state index in [9.17, 15) is 14.0 Å². The topological polar surface area (TPSA) is 81.2 Å². The number of benzene rings is 1. The number of likely N-dealkylation sites (tertiary alicyclic amines) is 1. The molecule has 0 saturated carbocycles. The molecule has 3 heterocycles. The van der Waals surface area contributed by atoms with Crippen molar-refractivity contribution in [2.45, 2.75) is 32.7 Å². The van der Waals surface area contributed by atoms with Gasteiger partial charge >= 0.3 is 0 Å². The molecule has 1 unspecified atom stereocenters. The van der Waals surface area contributed by atoms with Gasteiger partial charge < -0.3 is 5.73 Å². The quantitative estimate of drug-likeness (QED) is 0.661. The Kier molecular flexibility index (Phi) is 6.13. The summed E-state index contributed by atoms with van der Waals surface area (Å²) in [5.41, 5.74) is 6.36. The highest BCUT2D eigenvalue weighted by Gasteiger charge is 2.26. The molecule has 6 nitrogen and oxygen atoms in total. The predicted molar refractivity (Wildman–Crippen MR) is 118 cm³/mol. The zero-order chi connectivity index (χ0) is 22.0. The molecule has 2 aromatic heterocycles. The average Bonchev–Trinajstić information content (AvgIpc) is 2.75. The summed E-state index contributed by atoms with van der Waals surface area (Å²) in [6.07, 6.45) is 3.95. The van der Waals surface area contributed by atoms with Gasteiger partial charge in [0.2, 0.25) is 5.91 Å². The van der Waals surface area contributed by atoms with Crippen LogP contribution in [0.1, 0.15) is 31.7 Å². The number of aromatic nitrogens is 2. The normalized spacial score (nSPS) is 16.5. The van der Waals surface area contributed by atoms with Crippen LogP contribution >= 0.6 is 0 Å². The summed E-state index contributed by atoms with van der Waals surface area (Å²) in [5, 5.41) is 0.797. The van der Waals surface area contributed by atoms with E-state index < -0.39 is 5.82 Å². The van der Waals surface area contributed by atoms with Crippen LogP contribution in [0.5, 0.6) is 0 Å². The number of pyridine rings is 2. The number of primary amides is 1. The summed E-state index contributed by atoms with van der Waals surface area (Å²) in [5.74, 6) is 0.00987. The molecule has 1 aromatic carbocycles. The first-order chi connectivity index (χ1) is 14.9. The number of fused-ring (bicyclic) bond motifs is 1. The van der Waals surface area contributed by atoms with E-state index in [1.807, 2.05) is 18.2 Å². The first-order valence-electron chi connectivity index (χ1n) is 10.7. The summed E-state index contributed by atoms with van der Waals surface area (Å²) < 4.78 is 15.9. The molecule has 0 spiro atoms. The Labute approximate surface area is 180 Å². The van der Waals surface area contributed by atoms with Gasteiger partial charge in [0, 0.05) is 30.1 Å². The van der Waals surface area contributed by atoms with Crippen molar-refractivity contribution < 1.29 is 9.18 Å². The van der Waals surface area contributed by atoms with Crippen LogP contribution in [0.15, 0.2) is 53.5 Å². The maximum absolute atomic E-state index is 14.6. The van der Waals surface area contributed by atoms with E-state index in [-0.39, 0.29) is 23.1 Å². The standard InChI is InChI=1S/C24H27FN4O2/c1-16(13-22(26)30)17-8-11-28(12-9-17)15-19-14-18-5-4-10-27-23(18)29(24(19)31)21-7-3-2-6-20(21)25/h2-7,10,14,16-17H,8-9,11-13,15H2,1H3,(H2,26,30). The average molecular weight is 423 g/mol. The summed E-state index contributed by atoms with van der Waals surface area (Å²) >= 11 is 0. The third-order valence-electron chi connectivity index (χ3n) is 6.28. The minimum atomic E-state index is -0.460. The molecule has 1 aliphatic heterocycles. The molecular weight excluding hydrogens is 395 g/mol. The molecule has 1 fully saturated rings. The zero-order valence-electron chi connectivity index (χ0n) is 17.6. The lowest BCUT2D eigenvalue weighted by Gasteiger charge is -2.34. The zero-order valence-corrected chi connectivity index (χ0v) is 17.6. The number of carbonyl (C=O) groups excluding carboxylic acids is 1. The van der Waals surface area contributed by atoms with Crippen molar-refractivity contribution in [1.29, 1.82) is 0 Å². The third kappa shape index (κ3) is 4.51. The van der Waals surface area contributed by atoms with Gasteiger partial charge in [0.15, 0.2) is 0 Å². The lowest BCUT2D eigenvalue weighted by Crippen LogP contribution is -2.38. The largest absolute Gasteiger partial charge is 0.370 e. The van der Waals surface area contributed by atoms with Gasteiger partial charge in [-0.3, -0.25) is 19.1 Å². The lowest BCUT2D eigenvalue weighted by molar-refractivity contribution is -0.119. The molecule has 162 valence electrons. The van der Waals surface area contributed by atoms with E-state index >= 15 is 0 Å². The van der Waals surface area contributed by atoms with E-state index in [1.54, 1.807) is 24.4 Å². The van der Waals surface area contributed by atoms with Crippen LogP contribution in [0, 0.1) is 17.7 Å². The molecule has 0 radical (unpaired) electrons. The third-order valence-corrected chi connectivity index (χ3v) is 6.28. The van der Waals surface area contributed by atoms with Crippen LogP contribution in [0.3, 0.4) is 0 Å². The molecule has 7 heteroatoms. The van der Waals surface area contributed by atoms with Crippen LogP contribution in [0.25, 0.3) is 16.7 Å². The molecule has 0 aliphatic carbocycles. The van der Waals surface area contributed by atoms with Gasteiger partial charge in [0.05, 0.1) is 5.69 Å². The molecule has 2 N–H and O–H groups in total. The predicted octanol–water partition coefficient (Wildman–Crippen LogP) is 3.25. The van der Waals surface area contributed by atoms with Gasteiger partial charge in [0.25, 0.3) is 5.56 Å². The van der Waals surface area contributed by atoms with Crippen molar-refractivity contribution in [3.8, 4) is 5.69 Å². The second-order valence-electron chi connectivity index (χ2n) is 8.44. The molecular formula is C24H27FN4O2. The Morgan fingerprint density at radius 1 is 1.23 bits per heavy atom.